The predicted molar refractivity (Wildman–Crippen MR) is 89.9 cm³/mol. The second kappa shape index (κ2) is 8.69. The highest BCUT2D eigenvalue weighted by Crippen LogP contribution is 2.08. The largest absolute Gasteiger partial charge is 0.465 e. The zero-order valence-electron chi connectivity index (χ0n) is 13.4. The topological polar surface area (TPSA) is 91.6 Å². The summed E-state index contributed by atoms with van der Waals surface area (Å²) in [5.74, 6) is -0.390. The zero-order chi connectivity index (χ0) is 17.4. The van der Waals surface area contributed by atoms with Crippen LogP contribution in [0.1, 0.15) is 29.5 Å². The maximum Gasteiger partial charge on any atom is 0.268 e. The summed E-state index contributed by atoms with van der Waals surface area (Å²) in [7, 11) is 0. The second-order valence-electron chi connectivity index (χ2n) is 5.28. The Labute approximate surface area is 140 Å². The first kappa shape index (κ1) is 17.5. The van der Waals surface area contributed by atoms with E-state index < -0.39 is 11.8 Å². The lowest BCUT2D eigenvalue weighted by Crippen LogP contribution is -2.39. The number of benzene rings is 1. The molecule has 0 saturated heterocycles. The Morgan fingerprint density at radius 1 is 1.21 bits per heavy atom. The van der Waals surface area contributed by atoms with E-state index in [0.29, 0.717) is 17.7 Å². The van der Waals surface area contributed by atoms with Crippen LogP contribution in [0, 0.1) is 0 Å². The van der Waals surface area contributed by atoms with Gasteiger partial charge in [0.2, 0.25) is 0 Å². The van der Waals surface area contributed by atoms with Gasteiger partial charge in [-0.2, -0.15) is 0 Å². The summed E-state index contributed by atoms with van der Waals surface area (Å²) in [6.07, 6.45) is 3.36. The molecule has 0 spiro atoms. The Morgan fingerprint density at radius 2 is 1.96 bits per heavy atom. The molecule has 6 heteroatoms. The summed E-state index contributed by atoms with van der Waals surface area (Å²) in [6, 6.07) is 11.8. The highest BCUT2D eigenvalue weighted by atomic mass is 16.3. The fraction of sp³-hybridized carbons (Fsp3) is 0.222. The van der Waals surface area contributed by atoms with Crippen LogP contribution in [0.2, 0.25) is 0 Å². The van der Waals surface area contributed by atoms with Crippen LogP contribution in [0.25, 0.3) is 6.08 Å². The van der Waals surface area contributed by atoms with Crippen LogP contribution in [-0.4, -0.2) is 29.6 Å². The van der Waals surface area contributed by atoms with Gasteiger partial charge < -0.3 is 20.2 Å². The van der Waals surface area contributed by atoms with Crippen LogP contribution in [0.15, 0.2) is 58.8 Å². The normalized spacial score (nSPS) is 12.5. The molecule has 0 fully saturated rings. The molecule has 0 radical (unpaired) electrons. The van der Waals surface area contributed by atoms with Crippen molar-refractivity contribution in [3.05, 3.63) is 65.7 Å². The van der Waals surface area contributed by atoms with E-state index in [1.165, 1.54) is 12.3 Å². The Hall–Kier alpha value is -2.86. The molecule has 0 aliphatic carbocycles. The van der Waals surface area contributed by atoms with Gasteiger partial charge in [-0.3, -0.25) is 9.59 Å². The van der Waals surface area contributed by atoms with Gasteiger partial charge in [-0.05, 0) is 37.6 Å². The summed E-state index contributed by atoms with van der Waals surface area (Å²) >= 11 is 0. The van der Waals surface area contributed by atoms with Crippen LogP contribution in [0.4, 0.5) is 0 Å². The molecule has 0 saturated carbocycles. The maximum absolute atomic E-state index is 12.4. The number of hydrogen-bond acceptors (Lipinski definition) is 4. The number of furan rings is 1. The van der Waals surface area contributed by atoms with Crippen molar-refractivity contribution < 1.29 is 19.1 Å². The van der Waals surface area contributed by atoms with Gasteiger partial charge >= 0.3 is 0 Å². The summed E-state index contributed by atoms with van der Waals surface area (Å²) in [5.41, 5.74) is 0.516. The molecule has 6 nitrogen and oxygen atoms in total. The quantitative estimate of drug-likeness (QED) is 0.677. The van der Waals surface area contributed by atoms with E-state index in [2.05, 4.69) is 10.6 Å². The molecular formula is C18H20N2O4. The van der Waals surface area contributed by atoms with Crippen molar-refractivity contribution >= 4 is 17.9 Å². The number of carbonyl (C=O) groups is 2. The fourth-order valence-corrected chi connectivity index (χ4v) is 2.03. The van der Waals surface area contributed by atoms with E-state index in [1.54, 1.807) is 49.4 Å². The third-order valence-corrected chi connectivity index (χ3v) is 3.30. The van der Waals surface area contributed by atoms with E-state index in [1.807, 2.05) is 0 Å². The molecule has 1 atom stereocenters. The van der Waals surface area contributed by atoms with Crippen molar-refractivity contribution in [3.8, 4) is 0 Å². The average molecular weight is 328 g/mol. The first-order chi connectivity index (χ1) is 11.6. The first-order valence-electron chi connectivity index (χ1n) is 7.63. The molecule has 24 heavy (non-hydrogen) atoms. The number of aliphatic hydroxyl groups excluding tert-OH is 1. The molecular weight excluding hydrogens is 308 g/mol. The van der Waals surface area contributed by atoms with Crippen molar-refractivity contribution in [1.82, 2.24) is 10.6 Å². The van der Waals surface area contributed by atoms with Gasteiger partial charge in [0.1, 0.15) is 11.5 Å². The van der Waals surface area contributed by atoms with E-state index >= 15 is 0 Å². The second-order valence-corrected chi connectivity index (χ2v) is 5.28. The van der Waals surface area contributed by atoms with E-state index in [9.17, 15) is 9.59 Å². The van der Waals surface area contributed by atoms with Gasteiger partial charge in [0.25, 0.3) is 11.8 Å². The molecule has 2 aromatic rings. The minimum atomic E-state index is -0.448. The van der Waals surface area contributed by atoms with Crippen molar-refractivity contribution in [2.75, 3.05) is 6.61 Å². The number of amides is 2. The van der Waals surface area contributed by atoms with Crippen molar-refractivity contribution in [3.63, 3.8) is 0 Å². The summed E-state index contributed by atoms with van der Waals surface area (Å²) in [6.45, 7) is 1.74. The van der Waals surface area contributed by atoms with Crippen LogP contribution >= 0.6 is 0 Å². The van der Waals surface area contributed by atoms with Gasteiger partial charge in [-0.25, -0.2) is 0 Å². The fourth-order valence-electron chi connectivity index (χ4n) is 2.03. The van der Waals surface area contributed by atoms with Crippen LogP contribution in [-0.2, 0) is 4.79 Å². The van der Waals surface area contributed by atoms with Gasteiger partial charge in [0.05, 0.1) is 6.26 Å². The standard InChI is InChI=1S/C18H20N2O4/c1-13(9-10-21)19-18(23)16(12-15-8-5-11-24-15)20-17(22)14-6-3-2-4-7-14/h2-8,11-13,21H,9-10H2,1H3,(H,19,23)(H,20,22)/b16-12-. The van der Waals surface area contributed by atoms with Crippen LogP contribution in [0.5, 0.6) is 0 Å². The highest BCUT2D eigenvalue weighted by Gasteiger charge is 2.16. The molecule has 1 aromatic carbocycles. The third-order valence-electron chi connectivity index (χ3n) is 3.30. The monoisotopic (exact) mass is 328 g/mol. The SMILES string of the molecule is CC(CCO)NC(=O)/C(=C/c1ccco1)NC(=O)c1ccccc1. The minimum absolute atomic E-state index is 0.0327. The Balaban J connectivity index is 2.17. The lowest BCUT2D eigenvalue weighted by molar-refractivity contribution is -0.118. The molecule has 126 valence electrons. The smallest absolute Gasteiger partial charge is 0.268 e. The summed E-state index contributed by atoms with van der Waals surface area (Å²) in [4.78, 5) is 24.7. The number of carbonyl (C=O) groups excluding carboxylic acids is 2. The van der Waals surface area contributed by atoms with Gasteiger partial charge in [-0.1, -0.05) is 18.2 Å². The zero-order valence-corrected chi connectivity index (χ0v) is 13.4. The van der Waals surface area contributed by atoms with Crippen LogP contribution in [0.3, 0.4) is 0 Å². The lowest BCUT2D eigenvalue weighted by atomic mass is 10.2. The van der Waals surface area contributed by atoms with E-state index in [-0.39, 0.29) is 18.3 Å². The lowest BCUT2D eigenvalue weighted by Gasteiger charge is -2.15. The Kier molecular flexibility index (Phi) is 6.33. The van der Waals surface area contributed by atoms with Crippen LogP contribution < -0.4 is 10.6 Å². The summed E-state index contributed by atoms with van der Waals surface area (Å²) in [5, 5.41) is 14.3. The van der Waals surface area contributed by atoms with Gasteiger partial charge in [-0.15, -0.1) is 0 Å². The number of aliphatic hydroxyl groups is 1. The molecule has 2 amide bonds. The van der Waals surface area contributed by atoms with Gasteiger partial charge in [0.15, 0.2) is 0 Å². The molecule has 0 aliphatic rings. The Morgan fingerprint density at radius 3 is 2.58 bits per heavy atom. The molecule has 1 unspecified atom stereocenters. The molecule has 2 rings (SSSR count). The number of hydrogen-bond donors (Lipinski definition) is 3. The average Bonchev–Trinajstić information content (AvgIpc) is 3.08. The molecule has 1 heterocycles. The number of nitrogens with one attached hydrogen (secondary N) is 2. The van der Waals surface area contributed by atoms with E-state index in [4.69, 9.17) is 9.52 Å². The van der Waals surface area contributed by atoms with Crippen molar-refractivity contribution in [1.29, 1.82) is 0 Å². The molecule has 3 N–H and O–H groups in total. The minimum Gasteiger partial charge on any atom is -0.465 e. The molecule has 0 bridgehead atoms. The molecule has 1 aromatic heterocycles. The van der Waals surface area contributed by atoms with E-state index in [0.717, 1.165) is 0 Å². The molecule has 0 aliphatic heterocycles. The van der Waals surface area contributed by atoms with Crippen molar-refractivity contribution in [2.24, 2.45) is 0 Å². The summed E-state index contributed by atoms with van der Waals surface area (Å²) < 4.78 is 5.21. The maximum atomic E-state index is 12.4. The Bertz CT molecular complexity index is 693. The third kappa shape index (κ3) is 5.10. The van der Waals surface area contributed by atoms with Gasteiger partial charge in [0, 0.05) is 24.3 Å². The highest BCUT2D eigenvalue weighted by molar-refractivity contribution is 6.05. The van der Waals surface area contributed by atoms with Crippen molar-refractivity contribution in [2.45, 2.75) is 19.4 Å². The predicted octanol–water partition coefficient (Wildman–Crippen LogP) is 1.94. The number of rotatable bonds is 7. The first-order valence-corrected chi connectivity index (χ1v) is 7.63.